The molecule has 0 aromatic heterocycles. The minimum Gasteiger partial charge on any atom is -0.292 e. The summed E-state index contributed by atoms with van der Waals surface area (Å²) in [4.78, 5) is 24.0. The highest BCUT2D eigenvalue weighted by atomic mass is 16.6. The van der Waals surface area contributed by atoms with E-state index in [1.807, 2.05) is 0 Å². The first-order valence-corrected chi connectivity index (χ1v) is 5.94. The molecule has 2 rings (SSSR count). The van der Waals surface area contributed by atoms with Gasteiger partial charge in [-0.1, -0.05) is 13.0 Å². The van der Waals surface area contributed by atoms with E-state index in [0.29, 0.717) is 0 Å². The Balaban J connectivity index is 2.63. The highest BCUT2D eigenvalue weighted by Crippen LogP contribution is 2.47. The second kappa shape index (κ2) is 3.74. The summed E-state index contributed by atoms with van der Waals surface area (Å²) in [6, 6.07) is 0. The van der Waals surface area contributed by atoms with Gasteiger partial charge in [0.15, 0.2) is 0 Å². The Morgan fingerprint density at radius 2 is 1.83 bits per heavy atom. The van der Waals surface area contributed by atoms with Crippen LogP contribution in [-0.2, 0) is 0 Å². The lowest BCUT2D eigenvalue weighted by Crippen LogP contribution is -2.72. The van der Waals surface area contributed by atoms with Crippen LogP contribution in [0.15, 0.2) is 12.2 Å². The monoisotopic (exact) mass is 255 g/mol. The molecule has 0 radical (unpaired) electrons. The fourth-order valence-corrected chi connectivity index (χ4v) is 3.50. The Morgan fingerprint density at radius 1 is 1.22 bits per heavy atom. The van der Waals surface area contributed by atoms with Crippen LogP contribution in [0.3, 0.4) is 0 Å². The summed E-state index contributed by atoms with van der Waals surface area (Å²) in [5.74, 6) is -0.926. The number of nitro groups is 2. The number of likely N-dealkylation sites (N-methyl/N-ethyl adjacent to an activating group) is 1. The SMILES string of the molecule is C[C@H]1C=C[C@@]2([N+](=O)[O-])CN(C)C[C@]1([N+](=O)[O-])[C@@H]2C. The van der Waals surface area contributed by atoms with Gasteiger partial charge in [0.2, 0.25) is 5.54 Å². The van der Waals surface area contributed by atoms with Crippen LogP contribution >= 0.6 is 0 Å². The van der Waals surface area contributed by atoms with Gasteiger partial charge in [-0.3, -0.25) is 25.1 Å². The van der Waals surface area contributed by atoms with E-state index in [0.717, 1.165) is 0 Å². The first-order chi connectivity index (χ1) is 8.27. The molecule has 0 aromatic rings. The Morgan fingerprint density at radius 3 is 2.33 bits per heavy atom. The van der Waals surface area contributed by atoms with E-state index in [9.17, 15) is 20.2 Å². The molecule has 2 bridgehead atoms. The standard InChI is InChI=1S/C11H17N3O4/c1-8-4-5-10(13(15)16)6-12(3)7-11(8,9(10)2)14(17)18/h4-5,8-9H,6-7H2,1-3H3/t8-,9+,10+,11+/m0/s1. The normalized spacial score (nSPS) is 43.7. The molecule has 0 unspecified atom stereocenters. The van der Waals surface area contributed by atoms with Gasteiger partial charge < -0.3 is 0 Å². The van der Waals surface area contributed by atoms with Crippen LogP contribution in [-0.4, -0.2) is 46.0 Å². The number of fused-ring (bicyclic) bond motifs is 2. The fourth-order valence-electron chi connectivity index (χ4n) is 3.50. The van der Waals surface area contributed by atoms with Crippen LogP contribution in [0, 0.1) is 32.1 Å². The van der Waals surface area contributed by atoms with Crippen LogP contribution in [0.4, 0.5) is 0 Å². The first kappa shape index (κ1) is 12.9. The predicted octanol–water partition coefficient (Wildman–Crippen LogP) is 0.805. The molecule has 7 heteroatoms. The molecule has 7 nitrogen and oxygen atoms in total. The van der Waals surface area contributed by atoms with Crippen LogP contribution < -0.4 is 0 Å². The van der Waals surface area contributed by atoms with E-state index in [2.05, 4.69) is 0 Å². The zero-order valence-corrected chi connectivity index (χ0v) is 10.7. The number of hydrogen-bond acceptors (Lipinski definition) is 5. The van der Waals surface area contributed by atoms with Gasteiger partial charge in [-0.25, -0.2) is 0 Å². The van der Waals surface area contributed by atoms with Crippen LogP contribution in [0.5, 0.6) is 0 Å². The molecule has 4 atom stereocenters. The average Bonchev–Trinajstić information content (AvgIpc) is 2.26. The van der Waals surface area contributed by atoms with Crippen molar-refractivity contribution in [3.63, 3.8) is 0 Å². The topological polar surface area (TPSA) is 89.5 Å². The molecule has 0 amide bonds. The van der Waals surface area contributed by atoms with Gasteiger partial charge in [-0.2, -0.15) is 0 Å². The Kier molecular flexibility index (Phi) is 2.69. The minimum atomic E-state index is -1.34. The molecule has 1 aliphatic carbocycles. The molecular formula is C11H17N3O4. The van der Waals surface area contributed by atoms with Crippen molar-refractivity contribution in [2.24, 2.45) is 11.8 Å². The maximum Gasteiger partial charge on any atom is 0.262 e. The molecule has 1 fully saturated rings. The van der Waals surface area contributed by atoms with Crippen LogP contribution in [0.25, 0.3) is 0 Å². The van der Waals surface area contributed by atoms with Crippen molar-refractivity contribution >= 4 is 0 Å². The Bertz CT molecular complexity index is 438. The van der Waals surface area contributed by atoms with Crippen molar-refractivity contribution in [2.45, 2.75) is 24.9 Å². The molecule has 0 N–H and O–H groups in total. The zero-order valence-electron chi connectivity index (χ0n) is 10.7. The molecule has 0 spiro atoms. The van der Waals surface area contributed by atoms with Gasteiger partial charge in [0.1, 0.15) is 5.92 Å². The minimum absolute atomic E-state index is 0.222. The summed E-state index contributed by atoms with van der Waals surface area (Å²) in [6.07, 6.45) is 3.19. The van der Waals surface area contributed by atoms with Crippen molar-refractivity contribution in [3.8, 4) is 0 Å². The van der Waals surface area contributed by atoms with E-state index in [1.54, 1.807) is 37.9 Å². The summed E-state index contributed by atoms with van der Waals surface area (Å²) in [5.41, 5.74) is -2.61. The van der Waals surface area contributed by atoms with Crippen LogP contribution in [0.2, 0.25) is 0 Å². The molecule has 1 saturated heterocycles. The van der Waals surface area contributed by atoms with Crippen molar-refractivity contribution in [2.75, 3.05) is 20.1 Å². The number of hydrogen-bond donors (Lipinski definition) is 0. The van der Waals surface area contributed by atoms with Crippen molar-refractivity contribution in [1.29, 1.82) is 0 Å². The maximum absolute atomic E-state index is 11.5. The summed E-state index contributed by atoms with van der Waals surface area (Å²) in [5, 5.41) is 23.0. The summed E-state index contributed by atoms with van der Waals surface area (Å²) < 4.78 is 0. The molecule has 100 valence electrons. The molecule has 2 aliphatic rings. The molecule has 1 aliphatic heterocycles. The van der Waals surface area contributed by atoms with Crippen molar-refractivity contribution in [1.82, 2.24) is 4.90 Å². The lowest BCUT2D eigenvalue weighted by atomic mass is 9.60. The number of piperidine rings is 1. The Labute approximate surface area is 105 Å². The molecule has 0 saturated carbocycles. The summed E-state index contributed by atoms with van der Waals surface area (Å²) in [7, 11) is 1.70. The quantitative estimate of drug-likeness (QED) is 0.413. The third-order valence-corrected chi connectivity index (χ3v) is 4.69. The van der Waals surface area contributed by atoms with Gasteiger partial charge in [-0.05, 0) is 20.0 Å². The number of nitrogens with zero attached hydrogens (tertiary/aromatic N) is 3. The lowest BCUT2D eigenvalue weighted by Gasteiger charge is -2.49. The largest absolute Gasteiger partial charge is 0.292 e. The van der Waals surface area contributed by atoms with Gasteiger partial charge >= 0.3 is 0 Å². The molecule has 18 heavy (non-hydrogen) atoms. The van der Waals surface area contributed by atoms with E-state index in [-0.39, 0.29) is 28.9 Å². The number of rotatable bonds is 2. The zero-order chi connectivity index (χ0) is 13.7. The third-order valence-electron chi connectivity index (χ3n) is 4.69. The van der Waals surface area contributed by atoms with E-state index >= 15 is 0 Å². The highest BCUT2D eigenvalue weighted by molar-refractivity contribution is 5.22. The Hall–Kier alpha value is -1.50. The molecule has 1 heterocycles. The van der Waals surface area contributed by atoms with Crippen LogP contribution in [0.1, 0.15) is 13.8 Å². The van der Waals surface area contributed by atoms with E-state index in [4.69, 9.17) is 0 Å². The second-order valence-electron chi connectivity index (χ2n) is 5.54. The average molecular weight is 255 g/mol. The molecular weight excluding hydrogens is 238 g/mol. The van der Waals surface area contributed by atoms with Gasteiger partial charge in [0, 0.05) is 15.8 Å². The fraction of sp³-hybridized carbons (Fsp3) is 0.818. The van der Waals surface area contributed by atoms with E-state index < -0.39 is 17.0 Å². The van der Waals surface area contributed by atoms with Gasteiger partial charge in [0.05, 0.1) is 13.1 Å². The van der Waals surface area contributed by atoms with Crippen molar-refractivity contribution in [3.05, 3.63) is 32.4 Å². The third kappa shape index (κ3) is 1.33. The summed E-state index contributed by atoms with van der Waals surface area (Å²) >= 11 is 0. The van der Waals surface area contributed by atoms with Gasteiger partial charge in [-0.15, -0.1) is 0 Å². The number of likely N-dealkylation sites (tertiary alicyclic amines) is 1. The summed E-state index contributed by atoms with van der Waals surface area (Å²) in [6.45, 7) is 3.87. The lowest BCUT2D eigenvalue weighted by molar-refractivity contribution is -0.640. The second-order valence-corrected chi connectivity index (χ2v) is 5.54. The highest BCUT2D eigenvalue weighted by Gasteiger charge is 2.70. The van der Waals surface area contributed by atoms with E-state index in [1.165, 1.54) is 0 Å². The first-order valence-electron chi connectivity index (χ1n) is 5.94. The smallest absolute Gasteiger partial charge is 0.262 e. The van der Waals surface area contributed by atoms with Gasteiger partial charge in [0.25, 0.3) is 5.54 Å². The van der Waals surface area contributed by atoms with Crippen molar-refractivity contribution < 1.29 is 9.85 Å². The predicted molar refractivity (Wildman–Crippen MR) is 64.4 cm³/mol. The maximum atomic E-state index is 11.5. The molecule has 0 aromatic carbocycles.